The lowest BCUT2D eigenvalue weighted by atomic mass is 10.1. The van der Waals surface area contributed by atoms with Crippen molar-refractivity contribution in [2.75, 3.05) is 5.32 Å². The van der Waals surface area contributed by atoms with Crippen LogP contribution in [0.1, 0.15) is 12.5 Å². The van der Waals surface area contributed by atoms with Gasteiger partial charge >= 0.3 is 0 Å². The third kappa shape index (κ3) is 2.08. The summed E-state index contributed by atoms with van der Waals surface area (Å²) in [6, 6.07) is 5.80. The SMILES string of the molecule is CCc1cc(Br)ccc1NC=O. The molecular formula is C9H10BrNO. The van der Waals surface area contributed by atoms with Gasteiger partial charge in [0.15, 0.2) is 0 Å². The van der Waals surface area contributed by atoms with E-state index in [9.17, 15) is 4.79 Å². The number of hydrogen-bond acceptors (Lipinski definition) is 1. The van der Waals surface area contributed by atoms with Crippen molar-refractivity contribution in [2.24, 2.45) is 0 Å². The Kier molecular flexibility index (Phi) is 3.29. The van der Waals surface area contributed by atoms with Gasteiger partial charge in [-0.05, 0) is 30.2 Å². The molecule has 0 aliphatic rings. The Morgan fingerprint density at radius 3 is 2.92 bits per heavy atom. The predicted octanol–water partition coefficient (Wildman–Crippen LogP) is 2.58. The Morgan fingerprint density at radius 2 is 2.33 bits per heavy atom. The summed E-state index contributed by atoms with van der Waals surface area (Å²) in [5.41, 5.74) is 2.02. The van der Waals surface area contributed by atoms with Gasteiger partial charge in [-0.15, -0.1) is 0 Å². The molecule has 2 nitrogen and oxygen atoms in total. The number of aryl methyl sites for hydroxylation is 1. The third-order valence-corrected chi connectivity index (χ3v) is 2.16. The van der Waals surface area contributed by atoms with Crippen molar-refractivity contribution >= 4 is 28.0 Å². The summed E-state index contributed by atoms with van der Waals surface area (Å²) in [6.07, 6.45) is 1.61. The molecule has 0 heterocycles. The minimum absolute atomic E-state index is 0.697. The molecule has 1 aromatic rings. The van der Waals surface area contributed by atoms with Crippen molar-refractivity contribution in [1.29, 1.82) is 0 Å². The van der Waals surface area contributed by atoms with Crippen LogP contribution in [-0.2, 0) is 11.2 Å². The zero-order valence-electron chi connectivity index (χ0n) is 6.80. The van der Waals surface area contributed by atoms with Crippen LogP contribution < -0.4 is 5.32 Å². The van der Waals surface area contributed by atoms with Gasteiger partial charge in [0.25, 0.3) is 0 Å². The number of carbonyl (C=O) groups is 1. The molecule has 0 fully saturated rings. The van der Waals surface area contributed by atoms with Crippen molar-refractivity contribution < 1.29 is 4.79 Å². The number of carbonyl (C=O) groups excluding carboxylic acids is 1. The predicted molar refractivity (Wildman–Crippen MR) is 53.2 cm³/mol. The maximum Gasteiger partial charge on any atom is 0.211 e. The minimum atomic E-state index is 0.697. The van der Waals surface area contributed by atoms with Crippen LogP contribution >= 0.6 is 15.9 Å². The van der Waals surface area contributed by atoms with Gasteiger partial charge < -0.3 is 5.32 Å². The Bertz CT molecular complexity index is 286. The zero-order valence-corrected chi connectivity index (χ0v) is 8.39. The molecular weight excluding hydrogens is 218 g/mol. The van der Waals surface area contributed by atoms with Crippen LogP contribution in [0.2, 0.25) is 0 Å². The molecule has 0 spiro atoms. The molecule has 12 heavy (non-hydrogen) atoms. The van der Waals surface area contributed by atoms with E-state index in [1.54, 1.807) is 0 Å². The summed E-state index contributed by atoms with van der Waals surface area (Å²) >= 11 is 3.37. The smallest absolute Gasteiger partial charge is 0.211 e. The topological polar surface area (TPSA) is 29.1 Å². The fraction of sp³-hybridized carbons (Fsp3) is 0.222. The summed E-state index contributed by atoms with van der Waals surface area (Å²) < 4.78 is 1.04. The summed E-state index contributed by atoms with van der Waals surface area (Å²) in [5.74, 6) is 0. The first-order valence-electron chi connectivity index (χ1n) is 3.76. The van der Waals surface area contributed by atoms with Gasteiger partial charge in [-0.25, -0.2) is 0 Å². The van der Waals surface area contributed by atoms with E-state index in [2.05, 4.69) is 28.2 Å². The van der Waals surface area contributed by atoms with E-state index in [1.165, 1.54) is 0 Å². The molecule has 0 saturated heterocycles. The molecule has 1 N–H and O–H groups in total. The zero-order chi connectivity index (χ0) is 8.97. The van der Waals surface area contributed by atoms with E-state index in [4.69, 9.17) is 0 Å². The fourth-order valence-electron chi connectivity index (χ4n) is 1.06. The second-order valence-corrected chi connectivity index (χ2v) is 3.33. The maximum absolute atomic E-state index is 10.2. The first-order chi connectivity index (χ1) is 5.77. The number of benzene rings is 1. The van der Waals surface area contributed by atoms with E-state index in [-0.39, 0.29) is 0 Å². The first kappa shape index (κ1) is 9.26. The number of hydrogen-bond donors (Lipinski definition) is 1. The molecule has 0 radical (unpaired) electrons. The molecule has 0 bridgehead atoms. The van der Waals surface area contributed by atoms with Crippen molar-refractivity contribution in [1.82, 2.24) is 0 Å². The van der Waals surface area contributed by atoms with E-state index < -0.39 is 0 Å². The lowest BCUT2D eigenvalue weighted by Gasteiger charge is -2.05. The summed E-state index contributed by atoms with van der Waals surface area (Å²) in [7, 11) is 0. The number of rotatable bonds is 3. The highest BCUT2D eigenvalue weighted by atomic mass is 79.9. The molecule has 64 valence electrons. The Hall–Kier alpha value is -0.830. The molecule has 0 atom stereocenters. The average molecular weight is 228 g/mol. The monoisotopic (exact) mass is 227 g/mol. The summed E-state index contributed by atoms with van der Waals surface area (Å²) in [6.45, 7) is 2.05. The second-order valence-electron chi connectivity index (χ2n) is 2.42. The quantitative estimate of drug-likeness (QED) is 0.791. The normalized spacial score (nSPS) is 9.50. The first-order valence-corrected chi connectivity index (χ1v) is 4.56. The van der Waals surface area contributed by atoms with E-state index in [0.717, 1.165) is 22.1 Å². The van der Waals surface area contributed by atoms with E-state index >= 15 is 0 Å². The van der Waals surface area contributed by atoms with Crippen LogP contribution in [0.15, 0.2) is 22.7 Å². The largest absolute Gasteiger partial charge is 0.328 e. The Labute approximate surface area is 80.1 Å². The number of nitrogens with one attached hydrogen (secondary N) is 1. The number of halogens is 1. The number of anilines is 1. The average Bonchev–Trinajstić information content (AvgIpc) is 2.08. The highest BCUT2D eigenvalue weighted by Crippen LogP contribution is 2.20. The maximum atomic E-state index is 10.2. The van der Waals surface area contributed by atoms with Gasteiger partial charge in [0.1, 0.15) is 0 Å². The minimum Gasteiger partial charge on any atom is -0.328 e. The fourth-order valence-corrected chi connectivity index (χ4v) is 1.47. The second kappa shape index (κ2) is 4.26. The van der Waals surface area contributed by atoms with Gasteiger partial charge in [-0.3, -0.25) is 4.79 Å². The van der Waals surface area contributed by atoms with E-state index in [1.807, 2.05) is 18.2 Å². The number of amides is 1. The van der Waals surface area contributed by atoms with Crippen LogP contribution in [0, 0.1) is 0 Å². The molecule has 1 aromatic carbocycles. The van der Waals surface area contributed by atoms with Crippen molar-refractivity contribution in [3.05, 3.63) is 28.2 Å². The van der Waals surface area contributed by atoms with Gasteiger partial charge in [-0.1, -0.05) is 22.9 Å². The molecule has 0 aliphatic carbocycles. The van der Waals surface area contributed by atoms with Gasteiger partial charge in [0, 0.05) is 10.2 Å². The molecule has 1 amide bonds. The molecule has 0 aromatic heterocycles. The molecule has 1 rings (SSSR count). The van der Waals surface area contributed by atoms with Crippen molar-refractivity contribution in [3.8, 4) is 0 Å². The molecule has 3 heteroatoms. The van der Waals surface area contributed by atoms with Crippen LogP contribution in [0.25, 0.3) is 0 Å². The van der Waals surface area contributed by atoms with Crippen LogP contribution in [0.3, 0.4) is 0 Å². The Balaban J connectivity index is 3.01. The molecule has 0 aliphatic heterocycles. The van der Waals surface area contributed by atoms with E-state index in [0.29, 0.717) is 6.41 Å². The van der Waals surface area contributed by atoms with Crippen LogP contribution in [0.5, 0.6) is 0 Å². The highest BCUT2D eigenvalue weighted by molar-refractivity contribution is 9.10. The molecule has 0 saturated carbocycles. The van der Waals surface area contributed by atoms with Crippen molar-refractivity contribution in [3.63, 3.8) is 0 Å². The molecule has 0 unspecified atom stereocenters. The van der Waals surface area contributed by atoms with Crippen LogP contribution in [0.4, 0.5) is 5.69 Å². The summed E-state index contributed by atoms with van der Waals surface area (Å²) in [5, 5.41) is 2.65. The Morgan fingerprint density at radius 1 is 1.58 bits per heavy atom. The van der Waals surface area contributed by atoms with Crippen molar-refractivity contribution in [2.45, 2.75) is 13.3 Å². The third-order valence-electron chi connectivity index (χ3n) is 1.66. The van der Waals surface area contributed by atoms with Crippen LogP contribution in [-0.4, -0.2) is 6.41 Å². The lowest BCUT2D eigenvalue weighted by Crippen LogP contribution is -1.97. The standard InChI is InChI=1S/C9H10BrNO/c1-2-7-5-8(10)3-4-9(7)11-6-12/h3-6H,2H2,1H3,(H,11,12). The lowest BCUT2D eigenvalue weighted by molar-refractivity contribution is -0.105. The highest BCUT2D eigenvalue weighted by Gasteiger charge is 1.99. The van der Waals surface area contributed by atoms with Gasteiger partial charge in [0.05, 0.1) is 0 Å². The summed E-state index contributed by atoms with van der Waals surface area (Å²) in [4.78, 5) is 10.2. The van der Waals surface area contributed by atoms with Gasteiger partial charge in [-0.2, -0.15) is 0 Å². The van der Waals surface area contributed by atoms with Gasteiger partial charge in [0.2, 0.25) is 6.41 Å².